The van der Waals surface area contributed by atoms with Crippen LogP contribution < -0.4 is 19.5 Å². The van der Waals surface area contributed by atoms with E-state index in [1.807, 2.05) is 36.4 Å². The lowest BCUT2D eigenvalue weighted by molar-refractivity contribution is -0.123. The molecule has 0 aliphatic rings. The number of aromatic nitrogens is 1. The summed E-state index contributed by atoms with van der Waals surface area (Å²) in [5.74, 6) is 0.861. The summed E-state index contributed by atoms with van der Waals surface area (Å²) >= 11 is 1.26. The van der Waals surface area contributed by atoms with Crippen molar-refractivity contribution in [3.8, 4) is 23.3 Å². The van der Waals surface area contributed by atoms with Gasteiger partial charge in [-0.3, -0.25) is 10.1 Å². The number of amides is 1. The van der Waals surface area contributed by atoms with E-state index in [0.29, 0.717) is 45.6 Å². The number of nitrogens with one attached hydrogen (secondary N) is 1. The number of rotatable bonds is 11. The molecule has 0 bridgehead atoms. The van der Waals surface area contributed by atoms with Crippen molar-refractivity contribution < 1.29 is 27.4 Å². The van der Waals surface area contributed by atoms with Gasteiger partial charge in [0, 0.05) is 17.7 Å². The molecule has 11 heteroatoms. The number of carbonyl (C=O) groups is 1. The third-order valence-electron chi connectivity index (χ3n) is 6.54. The van der Waals surface area contributed by atoms with Crippen LogP contribution >= 0.6 is 11.3 Å². The molecule has 1 N–H and O–H groups in total. The fourth-order valence-electron chi connectivity index (χ4n) is 4.20. The van der Waals surface area contributed by atoms with Crippen LogP contribution in [0.5, 0.6) is 17.2 Å². The number of benzene rings is 4. The molecule has 1 heterocycles. The topological polar surface area (TPSA) is 128 Å². The standard InChI is InChI=1S/C32H27N3O6S2/c1-3-43(37,38)25-15-11-23(12-16-25)30(41-24-13-9-21(19-33)10-14-24)31(36)35-32-34-26-17-28(27(39-2)18-29(26)42-32)40-20-22-7-5-4-6-8-22/h4-18,30H,3,20H2,1-2H3,(H,34,35,36). The largest absolute Gasteiger partial charge is 0.493 e. The zero-order valence-corrected chi connectivity index (χ0v) is 24.9. The second kappa shape index (κ2) is 12.9. The second-order valence-corrected chi connectivity index (χ2v) is 12.7. The van der Waals surface area contributed by atoms with Crippen molar-refractivity contribution in [2.45, 2.75) is 24.5 Å². The number of ether oxygens (including phenoxy) is 3. The zero-order valence-electron chi connectivity index (χ0n) is 23.3. The monoisotopic (exact) mass is 613 g/mol. The van der Waals surface area contributed by atoms with E-state index in [9.17, 15) is 13.2 Å². The molecule has 1 unspecified atom stereocenters. The number of methoxy groups -OCH3 is 1. The molecular weight excluding hydrogens is 587 g/mol. The van der Waals surface area contributed by atoms with Gasteiger partial charge in [-0.15, -0.1) is 0 Å². The van der Waals surface area contributed by atoms with Gasteiger partial charge in [0.25, 0.3) is 5.91 Å². The first-order chi connectivity index (χ1) is 20.8. The highest BCUT2D eigenvalue weighted by Gasteiger charge is 2.25. The molecule has 0 saturated carbocycles. The lowest BCUT2D eigenvalue weighted by Crippen LogP contribution is -2.25. The van der Waals surface area contributed by atoms with Crippen LogP contribution in [0, 0.1) is 11.3 Å². The summed E-state index contributed by atoms with van der Waals surface area (Å²) in [4.78, 5) is 18.4. The number of fused-ring (bicyclic) bond motifs is 1. The summed E-state index contributed by atoms with van der Waals surface area (Å²) in [6.45, 7) is 1.92. The Bertz CT molecular complexity index is 1880. The average molecular weight is 614 g/mol. The van der Waals surface area contributed by atoms with E-state index < -0.39 is 21.8 Å². The van der Waals surface area contributed by atoms with Gasteiger partial charge in [-0.1, -0.05) is 60.7 Å². The predicted molar refractivity (Wildman–Crippen MR) is 164 cm³/mol. The Morgan fingerprint density at radius 2 is 1.72 bits per heavy atom. The SMILES string of the molecule is CCS(=O)(=O)c1ccc(C(Oc2ccc(C#N)cc2)C(=O)Nc2nc3cc(OCc4ccccc4)c(OC)cc3s2)cc1. The number of hydrogen-bond donors (Lipinski definition) is 1. The highest BCUT2D eigenvalue weighted by molar-refractivity contribution is 7.91. The Morgan fingerprint density at radius 3 is 2.37 bits per heavy atom. The highest BCUT2D eigenvalue weighted by Crippen LogP contribution is 2.37. The molecule has 0 aliphatic heterocycles. The summed E-state index contributed by atoms with van der Waals surface area (Å²) in [7, 11) is -1.86. The van der Waals surface area contributed by atoms with Crippen LogP contribution in [-0.2, 0) is 21.2 Å². The van der Waals surface area contributed by atoms with Crippen LogP contribution in [0.3, 0.4) is 0 Å². The first kappa shape index (κ1) is 29.6. The maximum atomic E-state index is 13.6. The first-order valence-corrected chi connectivity index (χ1v) is 15.7. The summed E-state index contributed by atoms with van der Waals surface area (Å²) in [5.41, 5.74) is 2.50. The van der Waals surface area contributed by atoms with Gasteiger partial charge in [-0.25, -0.2) is 13.4 Å². The van der Waals surface area contributed by atoms with E-state index in [2.05, 4.69) is 10.3 Å². The van der Waals surface area contributed by atoms with E-state index in [0.717, 1.165) is 10.3 Å². The molecule has 0 radical (unpaired) electrons. The maximum Gasteiger partial charge on any atom is 0.271 e. The number of carbonyl (C=O) groups excluding carboxylic acids is 1. The fourth-order valence-corrected chi connectivity index (χ4v) is 5.96. The smallest absolute Gasteiger partial charge is 0.271 e. The lowest BCUT2D eigenvalue weighted by Gasteiger charge is -2.19. The van der Waals surface area contributed by atoms with Gasteiger partial charge in [-0.05, 0) is 42.0 Å². The van der Waals surface area contributed by atoms with E-state index in [1.54, 1.807) is 62.6 Å². The summed E-state index contributed by atoms with van der Waals surface area (Å²) in [6, 6.07) is 27.7. The zero-order chi connectivity index (χ0) is 30.4. The first-order valence-electron chi connectivity index (χ1n) is 13.3. The van der Waals surface area contributed by atoms with Crippen molar-refractivity contribution in [2.75, 3.05) is 18.2 Å². The molecule has 1 atom stereocenters. The Balaban J connectivity index is 1.41. The Hall–Kier alpha value is -4.92. The third-order valence-corrected chi connectivity index (χ3v) is 9.22. The van der Waals surface area contributed by atoms with Gasteiger partial charge in [-0.2, -0.15) is 5.26 Å². The Labute approximate surface area is 253 Å². The molecule has 218 valence electrons. The van der Waals surface area contributed by atoms with Gasteiger partial charge in [0.15, 0.2) is 26.5 Å². The van der Waals surface area contributed by atoms with E-state index in [-0.39, 0.29) is 10.6 Å². The molecule has 4 aromatic carbocycles. The molecule has 5 aromatic rings. The van der Waals surface area contributed by atoms with Gasteiger partial charge in [0.2, 0.25) is 6.10 Å². The number of hydrogen-bond acceptors (Lipinski definition) is 9. The maximum absolute atomic E-state index is 13.6. The highest BCUT2D eigenvalue weighted by atomic mass is 32.2. The minimum absolute atomic E-state index is 0.0423. The third kappa shape index (κ3) is 6.94. The van der Waals surface area contributed by atoms with Crippen molar-refractivity contribution in [3.63, 3.8) is 0 Å². The van der Waals surface area contributed by atoms with Crippen molar-refractivity contribution >= 4 is 42.4 Å². The predicted octanol–water partition coefficient (Wildman–Crippen LogP) is 6.31. The van der Waals surface area contributed by atoms with Gasteiger partial charge in [0.05, 0.1) is 39.6 Å². The fraction of sp³-hybridized carbons (Fsp3) is 0.156. The second-order valence-electron chi connectivity index (χ2n) is 9.36. The molecule has 1 aromatic heterocycles. The molecule has 9 nitrogen and oxygen atoms in total. The number of nitrogens with zero attached hydrogens (tertiary/aromatic N) is 2. The van der Waals surface area contributed by atoms with Crippen molar-refractivity contribution in [1.82, 2.24) is 4.98 Å². The molecular formula is C32H27N3O6S2. The van der Waals surface area contributed by atoms with Crippen molar-refractivity contribution in [1.29, 1.82) is 5.26 Å². The Morgan fingerprint density at radius 1 is 1.00 bits per heavy atom. The van der Waals surface area contributed by atoms with Crippen molar-refractivity contribution in [2.24, 2.45) is 0 Å². The molecule has 5 rings (SSSR count). The number of sulfone groups is 1. The number of thiazole rings is 1. The molecule has 0 fully saturated rings. The normalized spacial score (nSPS) is 11.8. The molecule has 0 aliphatic carbocycles. The van der Waals surface area contributed by atoms with Gasteiger partial charge in [0.1, 0.15) is 12.4 Å². The minimum atomic E-state index is -3.42. The minimum Gasteiger partial charge on any atom is -0.493 e. The van der Waals surface area contributed by atoms with Crippen LogP contribution in [0.4, 0.5) is 5.13 Å². The number of nitriles is 1. The van der Waals surface area contributed by atoms with Gasteiger partial charge >= 0.3 is 0 Å². The average Bonchev–Trinajstić information content (AvgIpc) is 3.43. The van der Waals surface area contributed by atoms with Crippen LogP contribution in [0.25, 0.3) is 10.2 Å². The number of anilines is 1. The summed E-state index contributed by atoms with van der Waals surface area (Å²) < 4.78 is 43.0. The molecule has 43 heavy (non-hydrogen) atoms. The summed E-state index contributed by atoms with van der Waals surface area (Å²) in [5, 5.41) is 12.3. The quantitative estimate of drug-likeness (QED) is 0.184. The Kier molecular flexibility index (Phi) is 8.90. The molecule has 0 spiro atoms. The lowest BCUT2D eigenvalue weighted by atomic mass is 10.1. The van der Waals surface area contributed by atoms with E-state index in [1.165, 1.54) is 23.5 Å². The molecule has 0 saturated heterocycles. The van der Waals surface area contributed by atoms with Gasteiger partial charge < -0.3 is 14.2 Å². The van der Waals surface area contributed by atoms with Crippen molar-refractivity contribution in [3.05, 3.63) is 108 Å². The van der Waals surface area contributed by atoms with E-state index >= 15 is 0 Å². The summed E-state index contributed by atoms with van der Waals surface area (Å²) in [6.07, 6.45) is -1.14. The molecule has 1 amide bonds. The van der Waals surface area contributed by atoms with E-state index in [4.69, 9.17) is 19.5 Å². The van der Waals surface area contributed by atoms with Crippen LogP contribution in [-0.4, -0.2) is 32.2 Å². The van der Waals surface area contributed by atoms with Crippen LogP contribution in [0.1, 0.15) is 29.7 Å². The van der Waals surface area contributed by atoms with Crippen LogP contribution in [0.2, 0.25) is 0 Å². The van der Waals surface area contributed by atoms with Crippen LogP contribution in [0.15, 0.2) is 95.9 Å².